The molecule has 0 bridgehead atoms. The van der Waals surface area contributed by atoms with Crippen molar-refractivity contribution in [3.63, 3.8) is 0 Å². The maximum atomic E-state index is 11.5. The fourth-order valence-corrected chi connectivity index (χ4v) is 2.30. The van der Waals surface area contributed by atoms with Crippen molar-refractivity contribution in [3.8, 4) is 0 Å². The second-order valence-electron chi connectivity index (χ2n) is 5.38. The summed E-state index contributed by atoms with van der Waals surface area (Å²) < 4.78 is 0. The Morgan fingerprint density at radius 3 is 2.79 bits per heavy atom. The zero-order valence-corrected chi connectivity index (χ0v) is 12.6. The molecule has 1 heterocycles. The molecular formula is C13H23N3O2S. The first-order chi connectivity index (χ1) is 8.93. The molecule has 0 aliphatic heterocycles. The SMILES string of the molecule is Cc1ncc(CNC(=O)NCCCC(C)(C)CO)s1. The van der Waals surface area contributed by atoms with Crippen molar-refractivity contribution in [1.29, 1.82) is 0 Å². The van der Waals surface area contributed by atoms with Gasteiger partial charge in [0.1, 0.15) is 0 Å². The number of aryl methyl sites for hydroxylation is 1. The monoisotopic (exact) mass is 285 g/mol. The molecule has 0 fully saturated rings. The molecule has 0 spiro atoms. The molecule has 0 aromatic carbocycles. The highest BCUT2D eigenvalue weighted by molar-refractivity contribution is 7.11. The molecule has 0 aliphatic carbocycles. The average molecular weight is 285 g/mol. The van der Waals surface area contributed by atoms with Crippen LogP contribution in [0.5, 0.6) is 0 Å². The van der Waals surface area contributed by atoms with Crippen molar-refractivity contribution in [2.24, 2.45) is 5.41 Å². The second-order valence-corrected chi connectivity index (χ2v) is 6.70. The van der Waals surface area contributed by atoms with Crippen molar-refractivity contribution >= 4 is 17.4 Å². The molecule has 108 valence electrons. The standard InChI is InChI=1S/C13H23N3O2S/c1-10-15-7-11(19-10)8-16-12(18)14-6-4-5-13(2,3)9-17/h7,17H,4-6,8-9H2,1-3H3,(H2,14,16,18). The molecule has 3 N–H and O–H groups in total. The van der Waals surface area contributed by atoms with Gasteiger partial charge in [-0.05, 0) is 25.2 Å². The van der Waals surface area contributed by atoms with E-state index in [0.29, 0.717) is 13.1 Å². The van der Waals surface area contributed by atoms with E-state index in [1.165, 1.54) is 0 Å². The number of thiazole rings is 1. The highest BCUT2D eigenvalue weighted by atomic mass is 32.1. The highest BCUT2D eigenvalue weighted by Crippen LogP contribution is 2.20. The minimum absolute atomic E-state index is 0.0711. The van der Waals surface area contributed by atoms with E-state index in [-0.39, 0.29) is 18.1 Å². The molecule has 6 heteroatoms. The molecule has 0 radical (unpaired) electrons. The van der Waals surface area contributed by atoms with Crippen molar-refractivity contribution in [2.45, 2.75) is 40.2 Å². The Morgan fingerprint density at radius 1 is 1.47 bits per heavy atom. The maximum absolute atomic E-state index is 11.5. The van der Waals surface area contributed by atoms with Gasteiger partial charge in [0, 0.05) is 24.2 Å². The Morgan fingerprint density at radius 2 is 2.21 bits per heavy atom. The number of amides is 2. The molecule has 1 aromatic rings. The summed E-state index contributed by atoms with van der Waals surface area (Å²) >= 11 is 1.58. The molecule has 0 saturated heterocycles. The third-order valence-corrected chi connectivity index (χ3v) is 3.75. The van der Waals surface area contributed by atoms with E-state index < -0.39 is 0 Å². The quantitative estimate of drug-likeness (QED) is 0.671. The summed E-state index contributed by atoms with van der Waals surface area (Å²) in [4.78, 5) is 16.7. The number of nitrogens with one attached hydrogen (secondary N) is 2. The van der Waals surface area contributed by atoms with Gasteiger partial charge in [-0.15, -0.1) is 11.3 Å². The fraction of sp³-hybridized carbons (Fsp3) is 0.692. The third kappa shape index (κ3) is 6.54. The van der Waals surface area contributed by atoms with Crippen LogP contribution in [-0.4, -0.2) is 29.3 Å². The first-order valence-corrected chi connectivity index (χ1v) is 7.28. The van der Waals surface area contributed by atoms with Crippen LogP contribution in [-0.2, 0) is 6.54 Å². The Hall–Kier alpha value is -1.14. The predicted octanol–water partition coefficient (Wildman–Crippen LogP) is 2.05. The maximum Gasteiger partial charge on any atom is 0.315 e. The van der Waals surface area contributed by atoms with Gasteiger partial charge in [0.15, 0.2) is 0 Å². The summed E-state index contributed by atoms with van der Waals surface area (Å²) in [6.07, 6.45) is 3.53. The second kappa shape index (κ2) is 7.45. The summed E-state index contributed by atoms with van der Waals surface area (Å²) in [5, 5.41) is 15.7. The first kappa shape index (κ1) is 15.9. The number of hydrogen-bond donors (Lipinski definition) is 3. The predicted molar refractivity (Wildman–Crippen MR) is 77.2 cm³/mol. The molecule has 2 amide bonds. The van der Waals surface area contributed by atoms with Gasteiger partial charge < -0.3 is 15.7 Å². The van der Waals surface area contributed by atoms with E-state index in [2.05, 4.69) is 15.6 Å². The van der Waals surface area contributed by atoms with E-state index in [1.54, 1.807) is 17.5 Å². The summed E-state index contributed by atoms with van der Waals surface area (Å²) in [5.74, 6) is 0. The number of carbonyl (C=O) groups excluding carboxylic acids is 1. The number of nitrogens with zero attached hydrogens (tertiary/aromatic N) is 1. The minimum atomic E-state index is -0.159. The topological polar surface area (TPSA) is 74.2 Å². The minimum Gasteiger partial charge on any atom is -0.396 e. The lowest BCUT2D eigenvalue weighted by Gasteiger charge is -2.21. The zero-order chi connectivity index (χ0) is 14.3. The molecule has 1 rings (SSSR count). The number of urea groups is 1. The van der Waals surface area contributed by atoms with Gasteiger partial charge in [-0.25, -0.2) is 9.78 Å². The van der Waals surface area contributed by atoms with Crippen LogP contribution in [0.2, 0.25) is 0 Å². The molecule has 0 aliphatic rings. The lowest BCUT2D eigenvalue weighted by molar-refractivity contribution is 0.148. The van der Waals surface area contributed by atoms with Gasteiger partial charge in [-0.3, -0.25) is 0 Å². The van der Waals surface area contributed by atoms with E-state index in [4.69, 9.17) is 5.11 Å². The van der Waals surface area contributed by atoms with Crippen LogP contribution in [0.15, 0.2) is 6.20 Å². The van der Waals surface area contributed by atoms with Gasteiger partial charge >= 0.3 is 6.03 Å². The summed E-state index contributed by atoms with van der Waals surface area (Å²) in [6, 6.07) is -0.159. The Labute approximate surface area is 118 Å². The fourth-order valence-electron chi connectivity index (χ4n) is 1.56. The van der Waals surface area contributed by atoms with Crippen LogP contribution < -0.4 is 10.6 Å². The highest BCUT2D eigenvalue weighted by Gasteiger charge is 2.15. The van der Waals surface area contributed by atoms with E-state index >= 15 is 0 Å². The number of rotatable bonds is 7. The van der Waals surface area contributed by atoms with Crippen LogP contribution >= 0.6 is 11.3 Å². The molecule has 0 unspecified atom stereocenters. The largest absolute Gasteiger partial charge is 0.396 e. The van der Waals surface area contributed by atoms with Crippen molar-refractivity contribution < 1.29 is 9.90 Å². The Kier molecular flexibility index (Phi) is 6.24. The number of hydrogen-bond acceptors (Lipinski definition) is 4. The number of aliphatic hydroxyl groups excluding tert-OH is 1. The normalized spacial score (nSPS) is 11.4. The summed E-state index contributed by atoms with van der Waals surface area (Å²) in [5.41, 5.74) is -0.0711. The average Bonchev–Trinajstić information content (AvgIpc) is 2.78. The smallest absolute Gasteiger partial charge is 0.315 e. The van der Waals surface area contributed by atoms with Crippen molar-refractivity contribution in [1.82, 2.24) is 15.6 Å². The van der Waals surface area contributed by atoms with Gasteiger partial charge in [0.2, 0.25) is 0 Å². The molecule has 1 aromatic heterocycles. The van der Waals surface area contributed by atoms with Crippen LogP contribution in [0.3, 0.4) is 0 Å². The van der Waals surface area contributed by atoms with Gasteiger partial charge in [0.25, 0.3) is 0 Å². The molecular weight excluding hydrogens is 262 g/mol. The van der Waals surface area contributed by atoms with Crippen LogP contribution in [0, 0.1) is 12.3 Å². The first-order valence-electron chi connectivity index (χ1n) is 6.47. The zero-order valence-electron chi connectivity index (χ0n) is 11.8. The third-order valence-electron chi connectivity index (χ3n) is 2.84. The molecule has 0 saturated carbocycles. The van der Waals surface area contributed by atoms with Crippen LogP contribution in [0.1, 0.15) is 36.6 Å². The number of aliphatic hydroxyl groups is 1. The summed E-state index contributed by atoms with van der Waals surface area (Å²) in [6.45, 7) is 7.27. The van der Waals surface area contributed by atoms with E-state index in [9.17, 15) is 4.79 Å². The molecule has 5 nitrogen and oxygen atoms in total. The molecule has 19 heavy (non-hydrogen) atoms. The van der Waals surface area contributed by atoms with E-state index in [1.807, 2.05) is 20.8 Å². The van der Waals surface area contributed by atoms with E-state index in [0.717, 1.165) is 22.7 Å². The Balaban J connectivity index is 2.11. The van der Waals surface area contributed by atoms with Crippen molar-refractivity contribution in [2.75, 3.05) is 13.2 Å². The lowest BCUT2D eigenvalue weighted by atomic mass is 9.89. The van der Waals surface area contributed by atoms with Gasteiger partial charge in [-0.1, -0.05) is 13.8 Å². The van der Waals surface area contributed by atoms with Gasteiger partial charge in [-0.2, -0.15) is 0 Å². The van der Waals surface area contributed by atoms with Crippen molar-refractivity contribution in [3.05, 3.63) is 16.1 Å². The van der Waals surface area contributed by atoms with Crippen LogP contribution in [0.25, 0.3) is 0 Å². The van der Waals surface area contributed by atoms with Gasteiger partial charge in [0.05, 0.1) is 11.6 Å². The summed E-state index contributed by atoms with van der Waals surface area (Å²) in [7, 11) is 0. The lowest BCUT2D eigenvalue weighted by Crippen LogP contribution is -2.35. The molecule has 0 atom stereocenters. The number of carbonyl (C=O) groups is 1. The van der Waals surface area contributed by atoms with Crippen LogP contribution in [0.4, 0.5) is 4.79 Å². The Bertz CT molecular complexity index is 404. The number of aromatic nitrogens is 1.